The summed E-state index contributed by atoms with van der Waals surface area (Å²) in [6.45, 7) is 2.17. The van der Waals surface area contributed by atoms with Crippen LogP contribution in [0.15, 0.2) is 36.5 Å². The molecule has 1 atom stereocenters. The van der Waals surface area contributed by atoms with E-state index in [1.165, 1.54) is 36.0 Å². The van der Waals surface area contributed by atoms with Crippen LogP contribution >= 0.6 is 11.6 Å². The Kier molecular flexibility index (Phi) is 3.43. The molecule has 0 saturated carbocycles. The number of hydrogen-bond acceptors (Lipinski definition) is 2. The Morgan fingerprint density at radius 3 is 2.84 bits per heavy atom. The van der Waals surface area contributed by atoms with Crippen LogP contribution in [-0.4, -0.2) is 4.98 Å². The molecular formula is C16H17ClN2. The van der Waals surface area contributed by atoms with E-state index in [1.807, 2.05) is 12.1 Å². The Morgan fingerprint density at radius 2 is 2.00 bits per heavy atom. The molecule has 1 aliphatic rings. The smallest absolute Gasteiger partial charge is 0.131 e. The molecule has 1 N–H and O–H groups in total. The van der Waals surface area contributed by atoms with Gasteiger partial charge in [-0.15, -0.1) is 0 Å². The second kappa shape index (κ2) is 5.22. The molecule has 3 heteroatoms. The summed E-state index contributed by atoms with van der Waals surface area (Å²) in [4.78, 5) is 3.99. The zero-order chi connectivity index (χ0) is 13.2. The van der Waals surface area contributed by atoms with Crippen molar-refractivity contribution < 1.29 is 0 Å². The van der Waals surface area contributed by atoms with Crippen molar-refractivity contribution in [2.45, 2.75) is 32.2 Å². The number of fused-ring (bicyclic) bond motifs is 1. The molecule has 0 aliphatic heterocycles. The minimum absolute atomic E-state index is 0.268. The van der Waals surface area contributed by atoms with Crippen LogP contribution < -0.4 is 5.32 Å². The van der Waals surface area contributed by atoms with Gasteiger partial charge >= 0.3 is 0 Å². The average molecular weight is 273 g/mol. The van der Waals surface area contributed by atoms with Crippen molar-refractivity contribution in [3.63, 3.8) is 0 Å². The van der Waals surface area contributed by atoms with Crippen LogP contribution in [0.25, 0.3) is 0 Å². The van der Waals surface area contributed by atoms with Gasteiger partial charge in [0, 0.05) is 17.9 Å². The van der Waals surface area contributed by atoms with Crippen molar-refractivity contribution in [2.24, 2.45) is 0 Å². The fourth-order valence-corrected chi connectivity index (χ4v) is 2.86. The lowest BCUT2D eigenvalue weighted by molar-refractivity contribution is 0.878. The maximum Gasteiger partial charge on any atom is 0.131 e. The van der Waals surface area contributed by atoms with E-state index in [4.69, 9.17) is 11.6 Å². The van der Waals surface area contributed by atoms with Gasteiger partial charge in [0.2, 0.25) is 0 Å². The predicted molar refractivity (Wildman–Crippen MR) is 79.8 cm³/mol. The van der Waals surface area contributed by atoms with Crippen molar-refractivity contribution >= 4 is 17.3 Å². The van der Waals surface area contributed by atoms with Gasteiger partial charge in [-0.25, -0.2) is 4.98 Å². The van der Waals surface area contributed by atoms with E-state index in [-0.39, 0.29) is 6.04 Å². The molecule has 2 nitrogen and oxygen atoms in total. The fourth-order valence-electron chi connectivity index (χ4n) is 2.69. The van der Waals surface area contributed by atoms with Crippen molar-refractivity contribution in [1.82, 2.24) is 4.98 Å². The van der Waals surface area contributed by atoms with Crippen LogP contribution in [0.4, 0.5) is 5.69 Å². The third kappa shape index (κ3) is 2.74. The molecule has 0 spiro atoms. The van der Waals surface area contributed by atoms with Crippen LogP contribution in [-0.2, 0) is 12.8 Å². The summed E-state index contributed by atoms with van der Waals surface area (Å²) in [5.74, 6) is 0. The van der Waals surface area contributed by atoms with Crippen molar-refractivity contribution in [1.29, 1.82) is 0 Å². The first kappa shape index (κ1) is 12.5. The summed E-state index contributed by atoms with van der Waals surface area (Å²) < 4.78 is 0. The number of pyridine rings is 1. The first-order valence-corrected chi connectivity index (χ1v) is 7.10. The Morgan fingerprint density at radius 1 is 1.16 bits per heavy atom. The number of rotatable bonds is 3. The Labute approximate surface area is 118 Å². The minimum Gasteiger partial charge on any atom is -0.378 e. The minimum atomic E-state index is 0.268. The lowest BCUT2D eigenvalue weighted by Crippen LogP contribution is -2.07. The van der Waals surface area contributed by atoms with E-state index >= 15 is 0 Å². The van der Waals surface area contributed by atoms with Crippen LogP contribution in [0.2, 0.25) is 5.15 Å². The zero-order valence-corrected chi connectivity index (χ0v) is 11.7. The summed E-state index contributed by atoms with van der Waals surface area (Å²) in [6.07, 6.45) is 5.47. The van der Waals surface area contributed by atoms with Crippen LogP contribution in [0.5, 0.6) is 0 Å². The number of benzene rings is 1. The molecule has 19 heavy (non-hydrogen) atoms. The number of nitrogens with one attached hydrogen (secondary N) is 1. The van der Waals surface area contributed by atoms with Gasteiger partial charge in [0.25, 0.3) is 0 Å². The summed E-state index contributed by atoms with van der Waals surface area (Å²) >= 11 is 5.90. The van der Waals surface area contributed by atoms with Gasteiger partial charge in [-0.3, -0.25) is 0 Å². The van der Waals surface area contributed by atoms with Gasteiger partial charge < -0.3 is 5.32 Å². The highest BCUT2D eigenvalue weighted by Crippen LogP contribution is 2.27. The molecular weight excluding hydrogens is 256 g/mol. The molecule has 0 saturated heterocycles. The van der Waals surface area contributed by atoms with Gasteiger partial charge in [0.15, 0.2) is 0 Å². The van der Waals surface area contributed by atoms with Crippen molar-refractivity contribution in [3.05, 3.63) is 58.4 Å². The second-order valence-corrected chi connectivity index (χ2v) is 5.50. The standard InChI is InChI=1S/C16H17ClN2/c1-11(19-15-7-8-18-16(17)10-15)13-6-5-12-3-2-4-14(12)9-13/h5-11H,2-4H2,1H3,(H,18,19). The highest BCUT2D eigenvalue weighted by Gasteiger charge is 2.13. The highest BCUT2D eigenvalue weighted by molar-refractivity contribution is 6.29. The maximum absolute atomic E-state index is 5.90. The number of hydrogen-bond donors (Lipinski definition) is 1. The zero-order valence-electron chi connectivity index (χ0n) is 11.0. The first-order valence-electron chi connectivity index (χ1n) is 6.72. The number of halogens is 1. The summed E-state index contributed by atoms with van der Waals surface area (Å²) in [6, 6.07) is 10.9. The first-order chi connectivity index (χ1) is 9.22. The molecule has 1 heterocycles. The monoisotopic (exact) mass is 272 g/mol. The molecule has 1 aromatic heterocycles. The Hall–Kier alpha value is -1.54. The van der Waals surface area contributed by atoms with Gasteiger partial charge in [-0.05, 0) is 55.0 Å². The van der Waals surface area contributed by atoms with Gasteiger partial charge in [-0.2, -0.15) is 0 Å². The molecule has 2 aromatic rings. The van der Waals surface area contributed by atoms with Crippen molar-refractivity contribution in [3.8, 4) is 0 Å². The quantitative estimate of drug-likeness (QED) is 0.838. The fraction of sp³-hybridized carbons (Fsp3) is 0.312. The molecule has 1 unspecified atom stereocenters. The van der Waals surface area contributed by atoms with E-state index in [9.17, 15) is 0 Å². The van der Waals surface area contributed by atoms with E-state index in [2.05, 4.69) is 35.4 Å². The lowest BCUT2D eigenvalue weighted by Gasteiger charge is -2.17. The second-order valence-electron chi connectivity index (χ2n) is 5.11. The summed E-state index contributed by atoms with van der Waals surface area (Å²) in [5, 5.41) is 3.99. The van der Waals surface area contributed by atoms with Gasteiger partial charge in [0.1, 0.15) is 5.15 Å². The van der Waals surface area contributed by atoms with Gasteiger partial charge in [-0.1, -0.05) is 29.8 Å². The average Bonchev–Trinajstić information content (AvgIpc) is 2.85. The molecule has 0 bridgehead atoms. The summed E-state index contributed by atoms with van der Waals surface area (Å²) in [7, 11) is 0. The third-order valence-corrected chi connectivity index (χ3v) is 3.94. The molecule has 0 fully saturated rings. The lowest BCUT2D eigenvalue weighted by atomic mass is 10.0. The number of anilines is 1. The normalized spacial score (nSPS) is 15.1. The summed E-state index contributed by atoms with van der Waals surface area (Å²) in [5.41, 5.74) is 5.36. The van der Waals surface area contributed by atoms with E-state index in [0.717, 1.165) is 5.69 Å². The number of aryl methyl sites for hydroxylation is 2. The maximum atomic E-state index is 5.90. The molecule has 3 rings (SSSR count). The van der Waals surface area contributed by atoms with Crippen LogP contribution in [0.1, 0.15) is 36.1 Å². The van der Waals surface area contributed by atoms with Crippen LogP contribution in [0, 0.1) is 0 Å². The third-order valence-electron chi connectivity index (χ3n) is 3.73. The predicted octanol–water partition coefficient (Wildman–Crippen LogP) is 4.40. The molecule has 1 aliphatic carbocycles. The molecule has 98 valence electrons. The Balaban J connectivity index is 1.78. The molecule has 0 radical (unpaired) electrons. The largest absolute Gasteiger partial charge is 0.378 e. The highest BCUT2D eigenvalue weighted by atomic mass is 35.5. The van der Waals surface area contributed by atoms with E-state index in [1.54, 1.807) is 6.20 Å². The number of aromatic nitrogens is 1. The van der Waals surface area contributed by atoms with E-state index in [0.29, 0.717) is 5.15 Å². The SMILES string of the molecule is CC(Nc1ccnc(Cl)c1)c1ccc2c(c1)CCC2. The van der Waals surface area contributed by atoms with Crippen molar-refractivity contribution in [2.75, 3.05) is 5.32 Å². The Bertz CT molecular complexity index is 595. The molecule has 0 amide bonds. The number of nitrogens with zero attached hydrogens (tertiary/aromatic N) is 1. The van der Waals surface area contributed by atoms with Crippen LogP contribution in [0.3, 0.4) is 0 Å². The molecule has 1 aromatic carbocycles. The van der Waals surface area contributed by atoms with Gasteiger partial charge in [0.05, 0.1) is 0 Å². The topological polar surface area (TPSA) is 24.9 Å². The van der Waals surface area contributed by atoms with E-state index < -0.39 is 0 Å².